The Kier molecular flexibility index (Phi) is 6.39. The number of nitrogens with zero attached hydrogens (tertiary/aromatic N) is 2. The molecule has 0 unspecified atom stereocenters. The van der Waals surface area contributed by atoms with Crippen LogP contribution in [-0.2, 0) is 16.4 Å². The number of fused-ring (bicyclic) bond motifs is 1. The van der Waals surface area contributed by atoms with E-state index in [2.05, 4.69) is 6.92 Å². The lowest BCUT2D eigenvalue weighted by molar-refractivity contribution is 0.0762. The molecule has 3 rings (SSSR count). The van der Waals surface area contributed by atoms with Gasteiger partial charge in [0.15, 0.2) is 0 Å². The van der Waals surface area contributed by atoms with Crippen molar-refractivity contribution < 1.29 is 13.2 Å². The van der Waals surface area contributed by atoms with Crippen LogP contribution in [0.3, 0.4) is 0 Å². The van der Waals surface area contributed by atoms with E-state index in [4.69, 9.17) is 0 Å². The summed E-state index contributed by atoms with van der Waals surface area (Å²) in [6.07, 6.45) is 3.68. The number of anilines is 1. The minimum atomic E-state index is -3.65. The van der Waals surface area contributed by atoms with Crippen LogP contribution >= 0.6 is 0 Å². The number of aryl methyl sites for hydroxylation is 1. The predicted octanol–water partition coefficient (Wildman–Crippen LogP) is 4.09. The van der Waals surface area contributed by atoms with Gasteiger partial charge in [0.05, 0.1) is 10.6 Å². The SMILES string of the molecule is CCCCN(CC)C(=O)c1ccc(S(=O)(=O)N2CCCc3ccccc32)cc1. The van der Waals surface area contributed by atoms with Gasteiger partial charge in [0.25, 0.3) is 15.9 Å². The van der Waals surface area contributed by atoms with E-state index < -0.39 is 10.0 Å². The van der Waals surface area contributed by atoms with Crippen molar-refractivity contribution in [1.82, 2.24) is 4.90 Å². The minimum Gasteiger partial charge on any atom is -0.339 e. The fraction of sp³-hybridized carbons (Fsp3) is 0.409. The summed E-state index contributed by atoms with van der Waals surface area (Å²) in [7, 11) is -3.65. The zero-order valence-electron chi connectivity index (χ0n) is 16.6. The lowest BCUT2D eigenvalue weighted by Crippen LogP contribution is -2.35. The summed E-state index contributed by atoms with van der Waals surface area (Å²) in [5.41, 5.74) is 2.33. The number of rotatable bonds is 7. The van der Waals surface area contributed by atoms with Gasteiger partial charge in [-0.1, -0.05) is 31.5 Å². The third-order valence-electron chi connectivity index (χ3n) is 5.21. The Morgan fingerprint density at radius 2 is 1.79 bits per heavy atom. The van der Waals surface area contributed by atoms with Crippen molar-refractivity contribution in [2.24, 2.45) is 0 Å². The van der Waals surface area contributed by atoms with Crippen LogP contribution in [0.2, 0.25) is 0 Å². The highest BCUT2D eigenvalue weighted by Crippen LogP contribution is 2.31. The number of para-hydroxylation sites is 1. The summed E-state index contributed by atoms with van der Waals surface area (Å²) in [6.45, 7) is 5.89. The summed E-state index contributed by atoms with van der Waals surface area (Å²) in [4.78, 5) is 14.7. The average molecular weight is 401 g/mol. The number of carbonyl (C=O) groups is 1. The molecule has 0 atom stereocenters. The lowest BCUT2D eigenvalue weighted by Gasteiger charge is -2.30. The molecule has 28 heavy (non-hydrogen) atoms. The Bertz CT molecular complexity index is 923. The molecule has 0 aliphatic carbocycles. The quantitative estimate of drug-likeness (QED) is 0.703. The number of unbranched alkanes of at least 4 members (excludes halogenated alkanes) is 1. The molecule has 150 valence electrons. The van der Waals surface area contributed by atoms with Crippen molar-refractivity contribution in [3.63, 3.8) is 0 Å². The van der Waals surface area contributed by atoms with E-state index in [0.717, 1.165) is 43.5 Å². The van der Waals surface area contributed by atoms with Crippen molar-refractivity contribution >= 4 is 21.6 Å². The van der Waals surface area contributed by atoms with E-state index in [1.807, 2.05) is 31.2 Å². The molecule has 0 bridgehead atoms. The molecule has 2 aromatic carbocycles. The third kappa shape index (κ3) is 4.07. The second kappa shape index (κ2) is 8.78. The summed E-state index contributed by atoms with van der Waals surface area (Å²) < 4.78 is 27.9. The molecule has 5 nitrogen and oxygen atoms in total. The number of benzene rings is 2. The van der Waals surface area contributed by atoms with Crippen molar-refractivity contribution in [3.8, 4) is 0 Å². The van der Waals surface area contributed by atoms with Crippen LogP contribution in [0.4, 0.5) is 5.69 Å². The van der Waals surface area contributed by atoms with Crippen LogP contribution in [-0.4, -0.2) is 38.9 Å². The highest BCUT2D eigenvalue weighted by Gasteiger charge is 2.29. The number of amides is 1. The Balaban J connectivity index is 1.84. The normalized spacial score (nSPS) is 13.9. The first kappa shape index (κ1) is 20.4. The second-order valence-corrected chi connectivity index (χ2v) is 8.93. The maximum atomic E-state index is 13.2. The maximum Gasteiger partial charge on any atom is 0.264 e. The van der Waals surface area contributed by atoms with E-state index in [-0.39, 0.29) is 10.8 Å². The van der Waals surface area contributed by atoms with Crippen molar-refractivity contribution in [2.45, 2.75) is 44.4 Å². The Labute approximate surface area is 168 Å². The van der Waals surface area contributed by atoms with Gasteiger partial charge in [0.2, 0.25) is 0 Å². The summed E-state index contributed by atoms with van der Waals surface area (Å²) >= 11 is 0. The zero-order valence-corrected chi connectivity index (χ0v) is 17.4. The van der Waals surface area contributed by atoms with E-state index >= 15 is 0 Å². The van der Waals surface area contributed by atoms with Crippen LogP contribution in [0, 0.1) is 0 Å². The summed E-state index contributed by atoms with van der Waals surface area (Å²) in [5, 5.41) is 0. The Morgan fingerprint density at radius 1 is 1.07 bits per heavy atom. The molecule has 0 spiro atoms. The summed E-state index contributed by atoms with van der Waals surface area (Å²) in [5.74, 6) is -0.0526. The van der Waals surface area contributed by atoms with Crippen LogP contribution in [0.1, 0.15) is 49.0 Å². The van der Waals surface area contributed by atoms with Crippen LogP contribution < -0.4 is 4.31 Å². The molecule has 0 radical (unpaired) electrons. The second-order valence-electron chi connectivity index (χ2n) is 7.07. The average Bonchev–Trinajstić information content (AvgIpc) is 2.73. The van der Waals surface area contributed by atoms with Crippen LogP contribution in [0.5, 0.6) is 0 Å². The first-order valence-electron chi connectivity index (χ1n) is 9.99. The van der Waals surface area contributed by atoms with Gasteiger partial charge in [-0.3, -0.25) is 9.10 Å². The van der Waals surface area contributed by atoms with E-state index in [0.29, 0.717) is 18.7 Å². The highest BCUT2D eigenvalue weighted by molar-refractivity contribution is 7.92. The van der Waals surface area contributed by atoms with Gasteiger partial charge in [-0.2, -0.15) is 0 Å². The highest BCUT2D eigenvalue weighted by atomic mass is 32.2. The molecule has 0 N–H and O–H groups in total. The van der Waals surface area contributed by atoms with Gasteiger partial charge in [0, 0.05) is 25.2 Å². The monoisotopic (exact) mass is 400 g/mol. The smallest absolute Gasteiger partial charge is 0.264 e. The molecule has 1 aliphatic rings. The van der Waals surface area contributed by atoms with Crippen molar-refractivity contribution in [1.29, 1.82) is 0 Å². The zero-order chi connectivity index (χ0) is 20.1. The predicted molar refractivity (Wildman–Crippen MR) is 112 cm³/mol. The fourth-order valence-electron chi connectivity index (χ4n) is 3.58. The van der Waals surface area contributed by atoms with Gasteiger partial charge in [-0.25, -0.2) is 8.42 Å². The standard InChI is InChI=1S/C22H28N2O3S/c1-3-5-16-23(4-2)22(25)19-12-14-20(15-13-19)28(26,27)24-17-8-10-18-9-6-7-11-21(18)24/h6-7,9,11-15H,3-5,8,10,16-17H2,1-2H3. The topological polar surface area (TPSA) is 57.7 Å². The van der Waals surface area contributed by atoms with Crippen LogP contribution in [0.15, 0.2) is 53.4 Å². The molecule has 1 aliphatic heterocycles. The summed E-state index contributed by atoms with van der Waals surface area (Å²) in [6, 6.07) is 14.0. The van der Waals surface area contributed by atoms with Crippen LogP contribution in [0.25, 0.3) is 0 Å². The number of hydrogen-bond acceptors (Lipinski definition) is 3. The molecular formula is C22H28N2O3S. The minimum absolute atomic E-state index is 0.0526. The molecule has 0 saturated carbocycles. The molecule has 1 heterocycles. The Hall–Kier alpha value is -2.34. The van der Waals surface area contributed by atoms with Gasteiger partial charge < -0.3 is 4.90 Å². The van der Waals surface area contributed by atoms with Gasteiger partial charge in [-0.15, -0.1) is 0 Å². The first-order valence-corrected chi connectivity index (χ1v) is 11.4. The molecule has 0 fully saturated rings. The fourth-order valence-corrected chi connectivity index (χ4v) is 5.12. The van der Waals surface area contributed by atoms with Crippen molar-refractivity contribution in [3.05, 3.63) is 59.7 Å². The van der Waals surface area contributed by atoms with Gasteiger partial charge in [-0.05, 0) is 62.1 Å². The molecule has 6 heteroatoms. The third-order valence-corrected chi connectivity index (χ3v) is 7.03. The molecule has 2 aromatic rings. The van der Waals surface area contributed by atoms with E-state index in [1.54, 1.807) is 29.2 Å². The Morgan fingerprint density at radius 3 is 2.46 bits per heavy atom. The van der Waals surface area contributed by atoms with Gasteiger partial charge >= 0.3 is 0 Å². The molecule has 0 saturated heterocycles. The maximum absolute atomic E-state index is 13.2. The first-order chi connectivity index (χ1) is 13.5. The number of carbonyl (C=O) groups excluding carboxylic acids is 1. The van der Waals surface area contributed by atoms with E-state index in [9.17, 15) is 13.2 Å². The molecule has 0 aromatic heterocycles. The van der Waals surface area contributed by atoms with Crippen molar-refractivity contribution in [2.75, 3.05) is 23.9 Å². The molecule has 1 amide bonds. The lowest BCUT2D eigenvalue weighted by atomic mass is 10.0. The van der Waals surface area contributed by atoms with Gasteiger partial charge in [0.1, 0.15) is 0 Å². The largest absolute Gasteiger partial charge is 0.339 e. The van der Waals surface area contributed by atoms with E-state index in [1.165, 1.54) is 4.31 Å². The number of hydrogen-bond donors (Lipinski definition) is 0. The number of sulfonamides is 1. The molecular weight excluding hydrogens is 372 g/mol.